The Morgan fingerprint density at radius 1 is 1.09 bits per heavy atom. The van der Waals surface area contributed by atoms with Crippen LogP contribution in [0.1, 0.15) is 67.5 Å². The van der Waals surface area contributed by atoms with Crippen molar-refractivity contribution in [3.63, 3.8) is 0 Å². The molecular weight excluding hydrogens is 454 g/mol. The molecule has 6 unspecified atom stereocenters. The molecule has 5 rings (SSSR count). The van der Waals surface area contributed by atoms with E-state index in [9.17, 15) is 18.4 Å². The van der Waals surface area contributed by atoms with Gasteiger partial charge in [0, 0.05) is 5.92 Å². The lowest BCUT2D eigenvalue weighted by Gasteiger charge is -2.42. The fraction of sp³-hybridized carbons (Fsp3) is 0.500. The highest BCUT2D eigenvalue weighted by Gasteiger charge is 2.61. The normalized spacial score (nSPS) is 30.0. The van der Waals surface area contributed by atoms with Gasteiger partial charge in [-0.1, -0.05) is 43.7 Å². The zero-order valence-corrected chi connectivity index (χ0v) is 19.7. The van der Waals surface area contributed by atoms with Crippen LogP contribution < -0.4 is 4.74 Å². The highest BCUT2D eigenvalue weighted by molar-refractivity contribution is 5.90. The second kappa shape index (κ2) is 8.92. The summed E-state index contributed by atoms with van der Waals surface area (Å²) in [6.07, 6.45) is 4.89. The van der Waals surface area contributed by atoms with Crippen LogP contribution in [0.4, 0.5) is 8.78 Å². The molecule has 6 atom stereocenters. The Kier molecular flexibility index (Phi) is 6.06. The predicted octanol–water partition coefficient (Wildman–Crippen LogP) is 6.29. The summed E-state index contributed by atoms with van der Waals surface area (Å²) in [7, 11) is 0. The Labute approximate surface area is 203 Å². The van der Waals surface area contributed by atoms with Crippen LogP contribution in [0, 0.1) is 23.7 Å². The number of rotatable bonds is 8. The molecule has 7 heteroatoms. The molecule has 0 radical (unpaired) electrons. The molecule has 186 valence electrons. The summed E-state index contributed by atoms with van der Waals surface area (Å²) in [5, 5.41) is 9.02. The molecule has 0 aromatic heterocycles. The lowest BCUT2D eigenvalue weighted by atomic mass is 9.71. The van der Waals surface area contributed by atoms with E-state index in [1.165, 1.54) is 62.1 Å². The smallest absolute Gasteiger partial charge is 0.382 e. The van der Waals surface area contributed by atoms with Gasteiger partial charge in [-0.25, -0.2) is 9.59 Å². The second-order valence-corrected chi connectivity index (χ2v) is 10.2. The minimum Gasteiger partial charge on any atom is -0.487 e. The summed E-state index contributed by atoms with van der Waals surface area (Å²) in [5.41, 5.74) is -0.242. The summed E-state index contributed by atoms with van der Waals surface area (Å²) in [6.45, 7) is 2.17. The van der Waals surface area contributed by atoms with Gasteiger partial charge in [-0.3, -0.25) is 0 Å². The Bertz CT molecular complexity index is 1090. The topological polar surface area (TPSA) is 72.8 Å². The molecule has 0 amide bonds. The number of hydrogen-bond acceptors (Lipinski definition) is 4. The van der Waals surface area contributed by atoms with Gasteiger partial charge in [0.2, 0.25) is 6.10 Å². The monoisotopic (exact) mass is 484 g/mol. The van der Waals surface area contributed by atoms with Gasteiger partial charge in [-0.15, -0.1) is 0 Å². The summed E-state index contributed by atoms with van der Waals surface area (Å²) in [4.78, 5) is 23.9. The molecule has 0 heterocycles. The summed E-state index contributed by atoms with van der Waals surface area (Å²) in [6, 6.07) is 13.5. The summed E-state index contributed by atoms with van der Waals surface area (Å²) in [5.74, 6) is -4.15. The molecule has 3 aliphatic carbocycles. The molecule has 0 aliphatic heterocycles. The van der Waals surface area contributed by atoms with Crippen LogP contribution in [0.5, 0.6) is 5.75 Å². The van der Waals surface area contributed by atoms with Crippen LogP contribution in [0.3, 0.4) is 0 Å². The lowest BCUT2D eigenvalue weighted by molar-refractivity contribution is -0.183. The number of ether oxygens (including phenoxy) is 2. The number of halogens is 2. The van der Waals surface area contributed by atoms with Gasteiger partial charge < -0.3 is 14.6 Å². The highest BCUT2D eigenvalue weighted by Crippen LogP contribution is 2.64. The van der Waals surface area contributed by atoms with Gasteiger partial charge in [0.1, 0.15) is 11.4 Å². The van der Waals surface area contributed by atoms with Crippen molar-refractivity contribution in [3.8, 4) is 5.75 Å². The predicted molar refractivity (Wildman–Crippen MR) is 124 cm³/mol. The first-order chi connectivity index (χ1) is 16.7. The number of benzene rings is 2. The minimum atomic E-state index is -4.28. The Balaban J connectivity index is 1.31. The second-order valence-electron chi connectivity index (χ2n) is 10.2. The number of hydrogen-bond donors (Lipinski definition) is 1. The molecule has 0 saturated heterocycles. The molecule has 1 N–H and O–H groups in total. The maximum absolute atomic E-state index is 14.4. The van der Waals surface area contributed by atoms with Gasteiger partial charge in [0.15, 0.2) is 0 Å². The van der Waals surface area contributed by atoms with Crippen LogP contribution in [0.2, 0.25) is 0 Å². The third-order valence-electron chi connectivity index (χ3n) is 8.54. The molecule has 2 bridgehead atoms. The van der Waals surface area contributed by atoms with E-state index in [-0.39, 0.29) is 16.7 Å². The number of carbonyl (C=O) groups excluding carboxylic acids is 1. The summed E-state index contributed by atoms with van der Waals surface area (Å²) < 4.78 is 40.4. The molecule has 2 aromatic rings. The fourth-order valence-electron chi connectivity index (χ4n) is 6.97. The molecule has 2 aromatic carbocycles. The fourth-order valence-corrected chi connectivity index (χ4v) is 6.97. The first-order valence-corrected chi connectivity index (χ1v) is 12.4. The Morgan fingerprint density at radius 3 is 2.43 bits per heavy atom. The van der Waals surface area contributed by atoms with E-state index in [0.717, 1.165) is 30.6 Å². The van der Waals surface area contributed by atoms with E-state index < -0.39 is 24.0 Å². The van der Waals surface area contributed by atoms with Crippen molar-refractivity contribution in [1.82, 2.24) is 0 Å². The van der Waals surface area contributed by atoms with Crippen molar-refractivity contribution < 1.29 is 33.0 Å². The van der Waals surface area contributed by atoms with Crippen molar-refractivity contribution >= 4 is 11.9 Å². The zero-order valence-electron chi connectivity index (χ0n) is 19.7. The van der Waals surface area contributed by atoms with E-state index in [0.29, 0.717) is 11.7 Å². The number of carbonyl (C=O) groups is 2. The van der Waals surface area contributed by atoms with E-state index in [4.69, 9.17) is 14.6 Å². The van der Waals surface area contributed by atoms with Crippen molar-refractivity contribution in [2.45, 2.75) is 63.1 Å². The molecule has 5 nitrogen and oxygen atoms in total. The van der Waals surface area contributed by atoms with Crippen LogP contribution in [-0.2, 0) is 9.53 Å². The standard InChI is InChI=1S/C28H30F2O5/c1-2-27(16-19-15-23(27)22-10-6-9-21(19)22)35-20-13-11-18(12-14-20)25(31)34-24(28(29,30)26(32)33)17-7-4-3-5-8-17/h3-5,7-8,11-14,19,21-24H,2,6,9-10,15-16H2,1H3,(H,32,33). The Hall–Kier alpha value is -2.96. The molecule has 3 saturated carbocycles. The Morgan fingerprint density at radius 2 is 1.77 bits per heavy atom. The van der Waals surface area contributed by atoms with Gasteiger partial charge >= 0.3 is 17.9 Å². The molecule has 3 fully saturated rings. The van der Waals surface area contributed by atoms with E-state index >= 15 is 0 Å². The van der Waals surface area contributed by atoms with Crippen LogP contribution in [-0.4, -0.2) is 28.6 Å². The van der Waals surface area contributed by atoms with Crippen LogP contribution in [0.15, 0.2) is 54.6 Å². The summed E-state index contributed by atoms with van der Waals surface area (Å²) >= 11 is 0. The quantitative estimate of drug-likeness (QED) is 0.446. The average molecular weight is 485 g/mol. The van der Waals surface area contributed by atoms with Gasteiger partial charge in [0.25, 0.3) is 0 Å². The first-order valence-electron chi connectivity index (χ1n) is 12.4. The third kappa shape index (κ3) is 4.09. The molecular formula is C28H30F2O5. The zero-order chi connectivity index (χ0) is 24.8. The number of fused-ring (bicyclic) bond motifs is 5. The minimum absolute atomic E-state index is 0.0498. The number of esters is 1. The van der Waals surface area contributed by atoms with Crippen molar-refractivity contribution in [2.24, 2.45) is 23.7 Å². The molecule has 35 heavy (non-hydrogen) atoms. The highest BCUT2D eigenvalue weighted by atomic mass is 19.3. The van der Waals surface area contributed by atoms with Gasteiger partial charge in [-0.2, -0.15) is 8.78 Å². The number of carboxylic acids is 1. The van der Waals surface area contributed by atoms with Crippen molar-refractivity contribution in [2.75, 3.05) is 0 Å². The SMILES string of the molecule is CCC1(Oc2ccc(C(=O)OC(c3ccccc3)C(F)(F)C(=O)O)cc2)CC2CC1C1CCCC21. The number of aliphatic carboxylic acids is 1. The van der Waals surface area contributed by atoms with Crippen LogP contribution in [0.25, 0.3) is 0 Å². The maximum atomic E-state index is 14.4. The van der Waals surface area contributed by atoms with E-state index in [2.05, 4.69) is 6.92 Å². The number of alkyl halides is 2. The molecule has 0 spiro atoms. The average Bonchev–Trinajstić information content (AvgIpc) is 3.56. The first kappa shape index (κ1) is 23.8. The van der Waals surface area contributed by atoms with Crippen molar-refractivity contribution in [1.29, 1.82) is 0 Å². The van der Waals surface area contributed by atoms with E-state index in [1.807, 2.05) is 0 Å². The van der Waals surface area contributed by atoms with Crippen LogP contribution >= 0.6 is 0 Å². The van der Waals surface area contributed by atoms with Gasteiger partial charge in [-0.05, 0) is 79.7 Å². The maximum Gasteiger partial charge on any atom is 0.382 e. The largest absolute Gasteiger partial charge is 0.487 e. The van der Waals surface area contributed by atoms with Gasteiger partial charge in [0.05, 0.1) is 5.56 Å². The molecule has 3 aliphatic rings. The van der Waals surface area contributed by atoms with E-state index in [1.54, 1.807) is 18.2 Å². The number of carboxylic acid groups (broad SMARTS) is 1. The third-order valence-corrected chi connectivity index (χ3v) is 8.54. The van der Waals surface area contributed by atoms with Crippen molar-refractivity contribution in [3.05, 3.63) is 65.7 Å². The lowest BCUT2D eigenvalue weighted by Crippen LogP contribution is -2.45.